The summed E-state index contributed by atoms with van der Waals surface area (Å²) in [5.74, 6) is -0.413. The Balaban J connectivity index is 1.95. The molecule has 6 nitrogen and oxygen atoms in total. The van der Waals surface area contributed by atoms with E-state index < -0.39 is 11.5 Å². The number of primary amides is 1. The van der Waals surface area contributed by atoms with Crippen molar-refractivity contribution in [2.75, 3.05) is 13.1 Å². The van der Waals surface area contributed by atoms with Crippen molar-refractivity contribution in [1.82, 2.24) is 10.2 Å². The van der Waals surface area contributed by atoms with Gasteiger partial charge in [-0.05, 0) is 57.9 Å². The average Bonchev–Trinajstić information content (AvgIpc) is 2.52. The highest BCUT2D eigenvalue weighted by molar-refractivity contribution is 5.92. The number of piperidine rings is 1. The minimum Gasteiger partial charge on any atom is -0.444 e. The van der Waals surface area contributed by atoms with Gasteiger partial charge >= 0.3 is 6.09 Å². The van der Waals surface area contributed by atoms with Gasteiger partial charge in [0.05, 0.1) is 0 Å². The Labute approximate surface area is 149 Å². The molecule has 0 radical (unpaired) electrons. The van der Waals surface area contributed by atoms with Crippen LogP contribution >= 0.6 is 0 Å². The van der Waals surface area contributed by atoms with Crippen molar-refractivity contribution in [1.29, 1.82) is 0 Å². The van der Waals surface area contributed by atoms with Gasteiger partial charge in [0.1, 0.15) is 5.60 Å². The fourth-order valence-corrected chi connectivity index (χ4v) is 3.07. The molecule has 0 saturated carbocycles. The van der Waals surface area contributed by atoms with Crippen LogP contribution in [0.1, 0.15) is 56.0 Å². The van der Waals surface area contributed by atoms with E-state index in [2.05, 4.69) is 10.2 Å². The van der Waals surface area contributed by atoms with Crippen molar-refractivity contribution in [2.24, 2.45) is 5.73 Å². The molecule has 1 aliphatic heterocycles. The average molecular weight is 347 g/mol. The molecule has 1 atom stereocenters. The Bertz CT molecular complexity index is 610. The van der Waals surface area contributed by atoms with E-state index in [1.165, 1.54) is 0 Å². The van der Waals surface area contributed by atoms with E-state index in [0.717, 1.165) is 37.9 Å². The van der Waals surface area contributed by atoms with Gasteiger partial charge in [0.15, 0.2) is 0 Å². The largest absolute Gasteiger partial charge is 0.444 e. The summed E-state index contributed by atoms with van der Waals surface area (Å²) in [4.78, 5) is 25.6. The first-order chi connectivity index (χ1) is 11.7. The van der Waals surface area contributed by atoms with Crippen LogP contribution in [0.15, 0.2) is 24.3 Å². The number of rotatable bonds is 5. The van der Waals surface area contributed by atoms with Crippen LogP contribution in [0.5, 0.6) is 0 Å². The van der Waals surface area contributed by atoms with Crippen LogP contribution in [-0.2, 0) is 11.3 Å². The smallest absolute Gasteiger partial charge is 0.407 e. The number of benzene rings is 1. The zero-order valence-electron chi connectivity index (χ0n) is 15.4. The molecule has 0 aliphatic carbocycles. The molecule has 1 heterocycles. The second-order valence-corrected chi connectivity index (χ2v) is 7.57. The molecule has 1 aromatic rings. The highest BCUT2D eigenvalue weighted by atomic mass is 16.6. The number of nitrogens with two attached hydrogens (primary N) is 1. The monoisotopic (exact) mass is 347 g/mol. The first-order valence-electron chi connectivity index (χ1n) is 8.84. The van der Waals surface area contributed by atoms with Crippen molar-refractivity contribution < 1.29 is 14.3 Å². The quantitative estimate of drug-likeness (QED) is 0.857. The van der Waals surface area contributed by atoms with Crippen molar-refractivity contribution in [2.45, 2.75) is 58.2 Å². The van der Waals surface area contributed by atoms with E-state index in [-0.39, 0.29) is 12.1 Å². The highest BCUT2D eigenvalue weighted by Crippen LogP contribution is 2.20. The van der Waals surface area contributed by atoms with Gasteiger partial charge in [-0.3, -0.25) is 9.69 Å². The van der Waals surface area contributed by atoms with Crippen LogP contribution < -0.4 is 11.1 Å². The molecule has 138 valence electrons. The number of hydrogen-bond acceptors (Lipinski definition) is 4. The number of likely N-dealkylation sites (tertiary alicyclic amines) is 1. The number of nitrogens with zero attached hydrogens (tertiary/aromatic N) is 1. The lowest BCUT2D eigenvalue weighted by atomic mass is 10.0. The third-order valence-corrected chi connectivity index (χ3v) is 4.23. The molecule has 6 heteroatoms. The molecule has 0 bridgehead atoms. The molecule has 2 rings (SSSR count). The fourth-order valence-electron chi connectivity index (χ4n) is 3.07. The first kappa shape index (κ1) is 19.2. The zero-order valence-corrected chi connectivity index (χ0v) is 15.4. The van der Waals surface area contributed by atoms with E-state index in [4.69, 9.17) is 10.5 Å². The van der Waals surface area contributed by atoms with Crippen molar-refractivity contribution in [3.8, 4) is 0 Å². The van der Waals surface area contributed by atoms with Gasteiger partial charge in [0.2, 0.25) is 5.91 Å². The molecule has 1 aliphatic rings. The molecule has 3 N–H and O–H groups in total. The molecule has 1 aromatic carbocycles. The number of carbonyl (C=O) groups is 2. The van der Waals surface area contributed by atoms with Crippen LogP contribution in [0.2, 0.25) is 0 Å². The van der Waals surface area contributed by atoms with Crippen LogP contribution in [0.3, 0.4) is 0 Å². The first-order valence-corrected chi connectivity index (χ1v) is 8.84. The number of nitrogens with one attached hydrogen (secondary N) is 1. The predicted octanol–water partition coefficient (Wildman–Crippen LogP) is 2.66. The third kappa shape index (κ3) is 6.38. The van der Waals surface area contributed by atoms with Gasteiger partial charge < -0.3 is 15.8 Å². The Morgan fingerprint density at radius 1 is 1.32 bits per heavy atom. The van der Waals surface area contributed by atoms with Crippen molar-refractivity contribution in [3.05, 3.63) is 35.4 Å². The summed E-state index contributed by atoms with van der Waals surface area (Å²) in [6.45, 7) is 7.83. The van der Waals surface area contributed by atoms with E-state index in [0.29, 0.717) is 12.1 Å². The minimum atomic E-state index is -0.495. The summed E-state index contributed by atoms with van der Waals surface area (Å²) in [6, 6.07) is 7.68. The fraction of sp³-hybridized carbons (Fsp3) is 0.579. The minimum absolute atomic E-state index is 0.263. The molecule has 1 saturated heterocycles. The summed E-state index contributed by atoms with van der Waals surface area (Å²) < 4.78 is 5.30. The van der Waals surface area contributed by atoms with E-state index in [1.54, 1.807) is 6.07 Å². The van der Waals surface area contributed by atoms with Gasteiger partial charge in [0.25, 0.3) is 0 Å². The lowest BCUT2D eigenvalue weighted by Gasteiger charge is -2.36. The maximum absolute atomic E-state index is 11.9. The van der Waals surface area contributed by atoms with Gasteiger partial charge in [-0.2, -0.15) is 0 Å². The summed E-state index contributed by atoms with van der Waals surface area (Å²) in [5, 5.41) is 2.88. The van der Waals surface area contributed by atoms with Crippen LogP contribution in [-0.4, -0.2) is 41.6 Å². The van der Waals surface area contributed by atoms with E-state index >= 15 is 0 Å². The number of amides is 2. The number of ether oxygens (including phenoxy) is 1. The van der Waals surface area contributed by atoms with E-state index in [1.807, 2.05) is 39.0 Å². The molecule has 25 heavy (non-hydrogen) atoms. The maximum atomic E-state index is 11.9. The highest BCUT2D eigenvalue weighted by Gasteiger charge is 2.24. The van der Waals surface area contributed by atoms with E-state index in [9.17, 15) is 9.59 Å². The summed E-state index contributed by atoms with van der Waals surface area (Å²) in [6.07, 6.45) is 2.94. The normalized spacial score (nSPS) is 18.6. The summed E-state index contributed by atoms with van der Waals surface area (Å²) in [7, 11) is 0. The Hall–Kier alpha value is -2.08. The summed E-state index contributed by atoms with van der Waals surface area (Å²) >= 11 is 0. The number of alkyl carbamates (subject to hydrolysis) is 1. The van der Waals surface area contributed by atoms with Crippen LogP contribution in [0.25, 0.3) is 0 Å². The second kappa shape index (κ2) is 8.34. The number of carbonyl (C=O) groups excluding carboxylic acids is 2. The van der Waals surface area contributed by atoms with Crippen LogP contribution in [0, 0.1) is 0 Å². The Morgan fingerprint density at radius 3 is 2.76 bits per heavy atom. The molecule has 2 amide bonds. The standard InChI is InChI=1S/C19H29N3O3/c1-19(2,3)25-18(24)21-12-16-9-4-5-10-22(16)13-14-7-6-8-15(11-14)17(20)23/h6-8,11,16H,4-5,9-10,12-13H2,1-3H3,(H2,20,23)(H,21,24)/t16-/m1/s1. The van der Waals surface area contributed by atoms with Crippen molar-refractivity contribution in [3.63, 3.8) is 0 Å². The van der Waals surface area contributed by atoms with Gasteiger partial charge in [0, 0.05) is 24.7 Å². The Kier molecular flexibility index (Phi) is 6.42. The zero-order chi connectivity index (χ0) is 18.4. The van der Waals surface area contributed by atoms with Crippen molar-refractivity contribution >= 4 is 12.0 Å². The Morgan fingerprint density at radius 2 is 2.08 bits per heavy atom. The lowest BCUT2D eigenvalue weighted by Crippen LogP contribution is -2.47. The molecule has 0 spiro atoms. The van der Waals surface area contributed by atoms with Crippen LogP contribution in [0.4, 0.5) is 4.79 Å². The maximum Gasteiger partial charge on any atom is 0.407 e. The molecular formula is C19H29N3O3. The molecular weight excluding hydrogens is 318 g/mol. The predicted molar refractivity (Wildman–Crippen MR) is 97.2 cm³/mol. The van der Waals surface area contributed by atoms with Gasteiger partial charge in [-0.25, -0.2) is 4.79 Å². The molecule has 0 aromatic heterocycles. The van der Waals surface area contributed by atoms with Gasteiger partial charge in [-0.1, -0.05) is 18.6 Å². The van der Waals surface area contributed by atoms with Gasteiger partial charge in [-0.15, -0.1) is 0 Å². The molecule has 1 fully saturated rings. The third-order valence-electron chi connectivity index (χ3n) is 4.23. The lowest BCUT2D eigenvalue weighted by molar-refractivity contribution is 0.0492. The SMILES string of the molecule is CC(C)(C)OC(=O)NC[C@H]1CCCCN1Cc1cccc(C(N)=O)c1. The summed E-state index contributed by atoms with van der Waals surface area (Å²) in [5.41, 5.74) is 6.45. The molecule has 0 unspecified atom stereocenters. The second-order valence-electron chi connectivity index (χ2n) is 7.57. The topological polar surface area (TPSA) is 84.7 Å². The number of hydrogen-bond donors (Lipinski definition) is 2.